The Morgan fingerprint density at radius 2 is 0.776 bits per heavy atom. The van der Waals surface area contributed by atoms with Crippen LogP contribution in [0.4, 0.5) is 0 Å². The quantitative estimate of drug-likeness (QED) is 0.0340. The molecule has 8 nitrogen and oxygen atoms in total. The van der Waals surface area contributed by atoms with E-state index in [-0.39, 0.29) is 31.2 Å². The van der Waals surface area contributed by atoms with Crippen molar-refractivity contribution in [1.82, 2.24) is 0 Å². The summed E-state index contributed by atoms with van der Waals surface area (Å²) >= 11 is 0. The van der Waals surface area contributed by atoms with Crippen molar-refractivity contribution in [3.8, 4) is 0 Å². The first-order valence-corrected chi connectivity index (χ1v) is 24.7. The summed E-state index contributed by atoms with van der Waals surface area (Å²) in [5, 5.41) is 0. The molecule has 344 valence electrons. The fourth-order valence-electron chi connectivity index (χ4n) is 7.13. The first-order chi connectivity index (χ1) is 28.0. The molecule has 1 unspecified atom stereocenters. The number of unbranched alkanes of at least 4 members (excludes halogenated alkanes) is 28. The number of carbonyl (C=O) groups excluding carboxylic acids is 3. The lowest BCUT2D eigenvalue weighted by Gasteiger charge is -2.29. The van der Waals surface area contributed by atoms with Crippen LogP contribution >= 0.6 is 0 Å². The zero-order valence-electron chi connectivity index (χ0n) is 39.5. The van der Waals surface area contributed by atoms with Crippen LogP contribution < -0.4 is 0 Å². The highest BCUT2D eigenvalue weighted by atomic mass is 16.6. The van der Waals surface area contributed by atoms with E-state index in [1.54, 1.807) is 7.11 Å². The lowest BCUT2D eigenvalue weighted by molar-refractivity contribution is -0.175. The van der Waals surface area contributed by atoms with E-state index in [9.17, 15) is 14.4 Å². The van der Waals surface area contributed by atoms with Gasteiger partial charge in [0.05, 0.1) is 24.4 Å². The van der Waals surface area contributed by atoms with E-state index in [1.807, 2.05) is 27.7 Å². The third kappa shape index (κ3) is 38.5. The van der Waals surface area contributed by atoms with Crippen LogP contribution in [-0.4, -0.2) is 62.1 Å². The molecule has 1 atom stereocenters. The molecule has 0 fully saturated rings. The molecule has 0 saturated heterocycles. The monoisotopic (exact) mass is 825 g/mol. The van der Waals surface area contributed by atoms with E-state index in [0.29, 0.717) is 25.9 Å². The van der Waals surface area contributed by atoms with Gasteiger partial charge in [-0.25, -0.2) is 4.79 Å². The summed E-state index contributed by atoms with van der Waals surface area (Å²) in [5.74, 6) is -1.53. The Morgan fingerprint density at radius 1 is 0.431 bits per heavy atom. The maximum atomic E-state index is 13.1. The van der Waals surface area contributed by atoms with E-state index in [0.717, 1.165) is 38.5 Å². The first kappa shape index (κ1) is 56.3. The second-order valence-corrected chi connectivity index (χ2v) is 18.3. The summed E-state index contributed by atoms with van der Waals surface area (Å²) in [6, 6.07) is 0. The number of ether oxygens (including phenoxy) is 5. The molecule has 0 aromatic rings. The lowest BCUT2D eigenvalue weighted by atomic mass is 10.0. The normalized spacial score (nSPS) is 12.5. The number of rotatable bonds is 44. The van der Waals surface area contributed by atoms with E-state index in [4.69, 9.17) is 23.7 Å². The molecule has 0 radical (unpaired) electrons. The van der Waals surface area contributed by atoms with Crippen LogP contribution in [0.25, 0.3) is 0 Å². The van der Waals surface area contributed by atoms with Gasteiger partial charge in [0.15, 0.2) is 0 Å². The first-order valence-electron chi connectivity index (χ1n) is 24.7. The van der Waals surface area contributed by atoms with Crippen LogP contribution in [0, 0.1) is 0 Å². The van der Waals surface area contributed by atoms with Crippen molar-refractivity contribution in [2.75, 3.05) is 26.9 Å². The van der Waals surface area contributed by atoms with E-state index in [2.05, 4.69) is 13.8 Å². The van der Waals surface area contributed by atoms with Gasteiger partial charge < -0.3 is 23.7 Å². The standard InChI is InChI=1S/C50H96O8/c1-8-10-12-14-16-18-20-22-24-26-28-30-32-34-36-38-46(51)56-44-45(48(53)55-42-40-50(5,6)57-43-41-49(3,4)54-7)58-47(52)39-37-35-33-31-29-27-25-23-21-19-17-15-13-11-9-2/h45H,8-44H2,1-7H3. The van der Waals surface area contributed by atoms with Crippen LogP contribution in [0.1, 0.15) is 260 Å². The highest BCUT2D eigenvalue weighted by Crippen LogP contribution is 2.20. The molecule has 0 heterocycles. The molecule has 0 aliphatic heterocycles. The molecule has 0 aliphatic rings. The van der Waals surface area contributed by atoms with Crippen molar-refractivity contribution in [2.45, 2.75) is 277 Å². The van der Waals surface area contributed by atoms with E-state index < -0.39 is 23.6 Å². The molecule has 0 aromatic heterocycles. The molecule has 58 heavy (non-hydrogen) atoms. The minimum absolute atomic E-state index is 0.0969. The number of carbonyl (C=O) groups is 3. The Hall–Kier alpha value is -1.67. The fourth-order valence-corrected chi connectivity index (χ4v) is 7.13. The molecular formula is C50H96O8. The Balaban J connectivity index is 4.50. The van der Waals surface area contributed by atoms with Gasteiger partial charge in [-0.15, -0.1) is 0 Å². The average Bonchev–Trinajstić information content (AvgIpc) is 3.19. The Labute approximate surface area is 359 Å². The minimum atomic E-state index is -1.28. The Morgan fingerprint density at radius 3 is 1.16 bits per heavy atom. The van der Waals surface area contributed by atoms with Crippen molar-refractivity contribution in [2.24, 2.45) is 0 Å². The van der Waals surface area contributed by atoms with Crippen molar-refractivity contribution in [3.05, 3.63) is 0 Å². The summed E-state index contributed by atoms with van der Waals surface area (Å²) in [7, 11) is 1.69. The van der Waals surface area contributed by atoms with Crippen molar-refractivity contribution in [1.29, 1.82) is 0 Å². The van der Waals surface area contributed by atoms with Crippen LogP contribution in [0.3, 0.4) is 0 Å². The highest BCUT2D eigenvalue weighted by Gasteiger charge is 2.28. The Bertz CT molecular complexity index is 948. The Kier molecular flexibility index (Phi) is 38.3. The molecule has 8 heteroatoms. The zero-order valence-corrected chi connectivity index (χ0v) is 39.5. The average molecular weight is 825 g/mol. The minimum Gasteiger partial charge on any atom is -0.463 e. The van der Waals surface area contributed by atoms with Gasteiger partial charge in [-0.3, -0.25) is 9.59 Å². The number of hydrogen-bond acceptors (Lipinski definition) is 8. The second kappa shape index (κ2) is 39.5. The number of methoxy groups -OCH3 is 1. The molecule has 0 amide bonds. The molecule has 0 bridgehead atoms. The summed E-state index contributed by atoms with van der Waals surface area (Å²) in [6.07, 6.45) is 38.0. The van der Waals surface area contributed by atoms with Gasteiger partial charge in [0.2, 0.25) is 6.10 Å². The van der Waals surface area contributed by atoms with Crippen molar-refractivity contribution in [3.63, 3.8) is 0 Å². The van der Waals surface area contributed by atoms with Gasteiger partial charge in [0.1, 0.15) is 6.61 Å². The summed E-state index contributed by atoms with van der Waals surface area (Å²) in [6.45, 7) is 12.7. The van der Waals surface area contributed by atoms with Gasteiger partial charge in [-0.2, -0.15) is 0 Å². The van der Waals surface area contributed by atoms with E-state index in [1.165, 1.54) is 154 Å². The maximum Gasteiger partial charge on any atom is 0.351 e. The molecule has 0 aromatic carbocycles. The smallest absolute Gasteiger partial charge is 0.351 e. The predicted molar refractivity (Wildman–Crippen MR) is 241 cm³/mol. The fraction of sp³-hybridized carbons (Fsp3) is 0.940. The molecule has 0 saturated carbocycles. The summed E-state index contributed by atoms with van der Waals surface area (Å²) in [4.78, 5) is 38.6. The SMILES string of the molecule is CCCCCCCCCCCCCCCCCC(=O)OCC(OC(=O)CCCCCCCCCCCCCCCCC)C(=O)OCCC(C)(C)OCCC(C)(C)OC. The van der Waals surface area contributed by atoms with Crippen LogP contribution in [0.15, 0.2) is 0 Å². The van der Waals surface area contributed by atoms with Crippen molar-refractivity contribution >= 4 is 17.9 Å². The maximum absolute atomic E-state index is 13.1. The highest BCUT2D eigenvalue weighted by molar-refractivity contribution is 5.80. The predicted octanol–water partition coefficient (Wildman–Crippen LogP) is 14.5. The largest absolute Gasteiger partial charge is 0.463 e. The lowest BCUT2D eigenvalue weighted by Crippen LogP contribution is -2.36. The van der Waals surface area contributed by atoms with Crippen LogP contribution in [0.2, 0.25) is 0 Å². The number of hydrogen-bond donors (Lipinski definition) is 0. The van der Waals surface area contributed by atoms with Gasteiger partial charge >= 0.3 is 17.9 Å². The van der Waals surface area contributed by atoms with Crippen LogP contribution in [-0.2, 0) is 38.1 Å². The topological polar surface area (TPSA) is 97.4 Å². The van der Waals surface area contributed by atoms with E-state index >= 15 is 0 Å². The molecule has 0 N–H and O–H groups in total. The van der Waals surface area contributed by atoms with Crippen LogP contribution in [0.5, 0.6) is 0 Å². The van der Waals surface area contributed by atoms with Gasteiger partial charge in [-0.05, 0) is 47.0 Å². The molecule has 0 aliphatic carbocycles. The third-order valence-corrected chi connectivity index (χ3v) is 11.6. The number of esters is 3. The summed E-state index contributed by atoms with van der Waals surface area (Å²) < 4.78 is 28.1. The second-order valence-electron chi connectivity index (χ2n) is 18.3. The van der Waals surface area contributed by atoms with Crippen molar-refractivity contribution < 1.29 is 38.1 Å². The third-order valence-electron chi connectivity index (χ3n) is 11.6. The molecular weight excluding hydrogens is 729 g/mol. The molecule has 0 spiro atoms. The van der Waals surface area contributed by atoms with Gasteiger partial charge in [0.25, 0.3) is 0 Å². The van der Waals surface area contributed by atoms with Gasteiger partial charge in [0, 0.05) is 26.4 Å². The molecule has 0 rings (SSSR count). The summed E-state index contributed by atoms with van der Waals surface area (Å²) in [5.41, 5.74) is -0.806. The zero-order chi connectivity index (χ0) is 43.0. The van der Waals surface area contributed by atoms with Gasteiger partial charge in [-0.1, -0.05) is 194 Å².